The van der Waals surface area contributed by atoms with Crippen LogP contribution in [0.4, 0.5) is 4.39 Å². The molecule has 0 saturated heterocycles. The summed E-state index contributed by atoms with van der Waals surface area (Å²) in [7, 11) is 0. The van der Waals surface area contributed by atoms with E-state index >= 15 is 0 Å². The largest absolute Gasteiger partial charge is 0.494 e. The zero-order valence-electron chi connectivity index (χ0n) is 13.1. The number of pyridine rings is 1. The van der Waals surface area contributed by atoms with Crippen LogP contribution in [0.5, 0.6) is 5.75 Å². The third kappa shape index (κ3) is 5.70. The van der Waals surface area contributed by atoms with E-state index in [4.69, 9.17) is 15.9 Å². The number of nitrogens with one attached hydrogen (secondary N) is 1. The molecule has 0 bridgehead atoms. The third-order valence-electron chi connectivity index (χ3n) is 3.57. The molecule has 122 valence electrons. The SMILES string of the molecule is N=C(N)c1cccnc1CCCCCCOc1ccc(F)cc1. The normalized spacial score (nSPS) is 10.5. The van der Waals surface area contributed by atoms with Crippen LogP contribution in [0.3, 0.4) is 0 Å². The Bertz CT molecular complexity index is 628. The summed E-state index contributed by atoms with van der Waals surface area (Å²) in [5.41, 5.74) is 7.17. The number of nitrogens with two attached hydrogens (primary N) is 1. The Labute approximate surface area is 136 Å². The summed E-state index contributed by atoms with van der Waals surface area (Å²) in [5, 5.41) is 7.54. The van der Waals surface area contributed by atoms with Gasteiger partial charge in [-0.25, -0.2) is 4.39 Å². The molecule has 0 spiro atoms. The second-order valence-corrected chi connectivity index (χ2v) is 5.38. The number of unbranched alkanes of at least 4 members (excludes halogenated alkanes) is 3. The molecule has 0 amide bonds. The van der Waals surface area contributed by atoms with Crippen molar-refractivity contribution in [2.75, 3.05) is 6.61 Å². The quantitative estimate of drug-likeness (QED) is 0.421. The van der Waals surface area contributed by atoms with Gasteiger partial charge in [0.2, 0.25) is 0 Å². The van der Waals surface area contributed by atoms with Crippen LogP contribution in [-0.2, 0) is 6.42 Å². The molecule has 0 unspecified atom stereocenters. The molecule has 3 N–H and O–H groups in total. The van der Waals surface area contributed by atoms with Gasteiger partial charge in [-0.1, -0.05) is 12.8 Å². The average molecular weight is 315 g/mol. The van der Waals surface area contributed by atoms with Crippen LogP contribution in [0.2, 0.25) is 0 Å². The van der Waals surface area contributed by atoms with Gasteiger partial charge in [0.15, 0.2) is 0 Å². The molecule has 23 heavy (non-hydrogen) atoms. The number of aromatic nitrogens is 1. The highest BCUT2D eigenvalue weighted by molar-refractivity contribution is 5.95. The molecular formula is C18H22FN3O. The van der Waals surface area contributed by atoms with Gasteiger partial charge in [-0.15, -0.1) is 0 Å². The molecule has 1 aromatic heterocycles. The molecule has 0 saturated carbocycles. The van der Waals surface area contributed by atoms with Gasteiger partial charge in [-0.2, -0.15) is 0 Å². The summed E-state index contributed by atoms with van der Waals surface area (Å²) in [4.78, 5) is 4.30. The minimum Gasteiger partial charge on any atom is -0.494 e. The van der Waals surface area contributed by atoms with E-state index in [0.29, 0.717) is 12.4 Å². The first kappa shape index (κ1) is 16.9. The molecule has 0 radical (unpaired) electrons. The van der Waals surface area contributed by atoms with Crippen LogP contribution in [0.15, 0.2) is 42.6 Å². The van der Waals surface area contributed by atoms with Gasteiger partial charge < -0.3 is 10.5 Å². The highest BCUT2D eigenvalue weighted by Gasteiger charge is 2.05. The van der Waals surface area contributed by atoms with Crippen molar-refractivity contribution < 1.29 is 9.13 Å². The average Bonchev–Trinajstić information content (AvgIpc) is 2.56. The maximum atomic E-state index is 12.8. The van der Waals surface area contributed by atoms with E-state index in [1.165, 1.54) is 12.1 Å². The summed E-state index contributed by atoms with van der Waals surface area (Å²) in [6.45, 7) is 0.633. The number of hydrogen-bond acceptors (Lipinski definition) is 3. The number of amidine groups is 1. The molecular weight excluding hydrogens is 293 g/mol. The van der Waals surface area contributed by atoms with Gasteiger partial charge in [0, 0.05) is 11.8 Å². The molecule has 0 aliphatic carbocycles. The third-order valence-corrected chi connectivity index (χ3v) is 3.57. The van der Waals surface area contributed by atoms with Crippen LogP contribution in [0.1, 0.15) is 36.9 Å². The predicted molar refractivity (Wildman–Crippen MR) is 89.3 cm³/mol. The lowest BCUT2D eigenvalue weighted by molar-refractivity contribution is 0.304. The summed E-state index contributed by atoms with van der Waals surface area (Å²) in [6.07, 6.45) is 6.66. The van der Waals surface area contributed by atoms with Crippen molar-refractivity contribution in [1.82, 2.24) is 4.98 Å². The van der Waals surface area contributed by atoms with Gasteiger partial charge in [-0.3, -0.25) is 10.4 Å². The molecule has 2 rings (SSSR count). The summed E-state index contributed by atoms with van der Waals surface area (Å²) < 4.78 is 18.3. The van der Waals surface area contributed by atoms with Gasteiger partial charge in [-0.05, 0) is 55.7 Å². The standard InChI is InChI=1S/C18H22FN3O/c19-14-8-10-15(11-9-14)23-13-4-2-1-3-7-17-16(18(20)21)6-5-12-22-17/h5-6,8-12H,1-4,7,13H2,(H3,20,21). The van der Waals surface area contributed by atoms with E-state index in [0.717, 1.165) is 43.4 Å². The first-order valence-electron chi connectivity index (χ1n) is 7.83. The second-order valence-electron chi connectivity index (χ2n) is 5.38. The van der Waals surface area contributed by atoms with E-state index in [2.05, 4.69) is 4.98 Å². The van der Waals surface area contributed by atoms with Crippen LogP contribution in [-0.4, -0.2) is 17.4 Å². The summed E-state index contributed by atoms with van der Waals surface area (Å²) in [5.74, 6) is 0.517. The zero-order valence-corrected chi connectivity index (χ0v) is 13.1. The zero-order chi connectivity index (χ0) is 16.5. The number of hydrogen-bond donors (Lipinski definition) is 2. The molecule has 0 fully saturated rings. The van der Waals surface area contributed by atoms with Gasteiger partial charge in [0.25, 0.3) is 0 Å². The maximum Gasteiger partial charge on any atom is 0.124 e. The number of benzene rings is 1. The summed E-state index contributed by atoms with van der Waals surface area (Å²) >= 11 is 0. The van der Waals surface area contributed by atoms with Crippen molar-refractivity contribution in [3.8, 4) is 5.75 Å². The van der Waals surface area contributed by atoms with Crippen molar-refractivity contribution >= 4 is 5.84 Å². The Morgan fingerprint density at radius 2 is 1.83 bits per heavy atom. The Morgan fingerprint density at radius 3 is 2.57 bits per heavy atom. The lowest BCUT2D eigenvalue weighted by Crippen LogP contribution is -2.14. The van der Waals surface area contributed by atoms with Crippen LogP contribution in [0.25, 0.3) is 0 Å². The Morgan fingerprint density at radius 1 is 1.09 bits per heavy atom. The Balaban J connectivity index is 1.61. The van der Waals surface area contributed by atoms with Crippen molar-refractivity contribution in [2.45, 2.75) is 32.1 Å². The lowest BCUT2D eigenvalue weighted by atomic mass is 10.1. The maximum absolute atomic E-state index is 12.8. The molecule has 5 heteroatoms. The van der Waals surface area contributed by atoms with Crippen LogP contribution in [0, 0.1) is 11.2 Å². The molecule has 0 atom stereocenters. The smallest absolute Gasteiger partial charge is 0.124 e. The molecule has 2 aromatic rings. The van der Waals surface area contributed by atoms with Gasteiger partial charge in [0.05, 0.1) is 12.3 Å². The Hall–Kier alpha value is -2.43. The topological polar surface area (TPSA) is 72.0 Å². The van der Waals surface area contributed by atoms with Crippen LogP contribution >= 0.6 is 0 Å². The molecule has 4 nitrogen and oxygen atoms in total. The summed E-state index contributed by atoms with van der Waals surface area (Å²) in [6, 6.07) is 9.71. The minimum absolute atomic E-state index is 0.0702. The first-order valence-corrected chi connectivity index (χ1v) is 7.83. The molecule has 0 aliphatic heterocycles. The number of nitrogens with zero attached hydrogens (tertiary/aromatic N) is 1. The van der Waals surface area contributed by atoms with Crippen molar-refractivity contribution in [3.63, 3.8) is 0 Å². The first-order chi connectivity index (χ1) is 11.2. The van der Waals surface area contributed by atoms with Crippen molar-refractivity contribution in [1.29, 1.82) is 5.41 Å². The predicted octanol–water partition coefficient (Wildman–Crippen LogP) is 3.69. The fourth-order valence-corrected chi connectivity index (χ4v) is 2.35. The fourth-order valence-electron chi connectivity index (χ4n) is 2.35. The minimum atomic E-state index is -0.253. The van der Waals surface area contributed by atoms with E-state index in [-0.39, 0.29) is 11.7 Å². The fraction of sp³-hybridized carbons (Fsp3) is 0.333. The number of ether oxygens (including phenoxy) is 1. The monoisotopic (exact) mass is 315 g/mol. The van der Waals surface area contributed by atoms with E-state index in [9.17, 15) is 4.39 Å². The molecule has 1 heterocycles. The number of halogens is 1. The highest BCUT2D eigenvalue weighted by atomic mass is 19.1. The molecule has 1 aromatic carbocycles. The number of aryl methyl sites for hydroxylation is 1. The lowest BCUT2D eigenvalue weighted by Gasteiger charge is -2.07. The van der Waals surface area contributed by atoms with Crippen LogP contribution < -0.4 is 10.5 Å². The highest BCUT2D eigenvalue weighted by Crippen LogP contribution is 2.13. The number of nitrogen functional groups attached to an aromatic ring is 1. The van der Waals surface area contributed by atoms with E-state index in [1.807, 2.05) is 6.07 Å². The number of rotatable bonds is 9. The van der Waals surface area contributed by atoms with Gasteiger partial charge in [0.1, 0.15) is 17.4 Å². The van der Waals surface area contributed by atoms with Gasteiger partial charge >= 0.3 is 0 Å². The molecule has 0 aliphatic rings. The van der Waals surface area contributed by atoms with E-state index in [1.54, 1.807) is 24.4 Å². The van der Waals surface area contributed by atoms with Crippen molar-refractivity contribution in [2.24, 2.45) is 5.73 Å². The van der Waals surface area contributed by atoms with Crippen molar-refractivity contribution in [3.05, 3.63) is 59.7 Å². The van der Waals surface area contributed by atoms with E-state index < -0.39 is 0 Å². The second kappa shape index (κ2) is 8.88. The Kier molecular flexibility index (Phi) is 6.54.